The van der Waals surface area contributed by atoms with Crippen molar-refractivity contribution in [1.29, 1.82) is 0 Å². The molecular weight excluding hydrogens is 238 g/mol. The molecule has 1 aliphatic rings. The number of carbonyl (C=O) groups excluding carboxylic acids is 2. The molecule has 0 unspecified atom stereocenters. The van der Waals surface area contributed by atoms with Gasteiger partial charge >= 0.3 is 0 Å². The molecular formula is C16H21NO2. The Bertz CT molecular complexity index is 459. The highest BCUT2D eigenvalue weighted by Crippen LogP contribution is 2.36. The molecule has 1 aliphatic heterocycles. The summed E-state index contributed by atoms with van der Waals surface area (Å²) in [6.07, 6.45) is 1.61. The highest BCUT2D eigenvalue weighted by atomic mass is 16.1. The van der Waals surface area contributed by atoms with E-state index in [1.54, 1.807) is 13.8 Å². The Hall–Kier alpha value is -1.48. The van der Waals surface area contributed by atoms with E-state index in [1.807, 2.05) is 30.3 Å². The topological polar surface area (TPSA) is 37.4 Å². The second-order valence-electron chi connectivity index (χ2n) is 5.48. The number of ketones is 2. The van der Waals surface area contributed by atoms with Crippen molar-refractivity contribution in [2.45, 2.75) is 32.1 Å². The number of benzene rings is 1. The van der Waals surface area contributed by atoms with Crippen LogP contribution in [0.4, 0.5) is 0 Å². The summed E-state index contributed by atoms with van der Waals surface area (Å²) >= 11 is 0. The van der Waals surface area contributed by atoms with Gasteiger partial charge in [0.25, 0.3) is 0 Å². The fourth-order valence-electron chi connectivity index (χ4n) is 3.01. The normalized spacial score (nSPS) is 19.1. The van der Waals surface area contributed by atoms with Gasteiger partial charge in [0.15, 0.2) is 0 Å². The summed E-state index contributed by atoms with van der Waals surface area (Å²) in [5, 5.41) is 0. The quantitative estimate of drug-likeness (QED) is 0.832. The lowest BCUT2D eigenvalue weighted by Crippen LogP contribution is -2.47. The Morgan fingerprint density at radius 3 is 2.16 bits per heavy atom. The van der Waals surface area contributed by atoms with Gasteiger partial charge in [0.1, 0.15) is 11.6 Å². The van der Waals surface area contributed by atoms with Gasteiger partial charge in [-0.25, -0.2) is 0 Å². The SMILES string of the molecule is CC(=O)CN1CCC(C(C)=O)(c2ccccc2)CC1. The molecule has 0 aromatic heterocycles. The molecule has 3 nitrogen and oxygen atoms in total. The number of hydrogen-bond acceptors (Lipinski definition) is 3. The van der Waals surface area contributed by atoms with Crippen molar-refractivity contribution in [3.63, 3.8) is 0 Å². The molecule has 2 rings (SSSR count). The first-order chi connectivity index (χ1) is 9.04. The molecule has 0 aliphatic carbocycles. The zero-order valence-electron chi connectivity index (χ0n) is 11.7. The first kappa shape index (κ1) is 13.9. The highest BCUT2D eigenvalue weighted by Gasteiger charge is 2.40. The van der Waals surface area contributed by atoms with E-state index in [0.717, 1.165) is 31.5 Å². The summed E-state index contributed by atoms with van der Waals surface area (Å²) in [5.74, 6) is 0.427. The number of nitrogens with zero attached hydrogens (tertiary/aromatic N) is 1. The predicted molar refractivity (Wildman–Crippen MR) is 75.2 cm³/mol. The summed E-state index contributed by atoms with van der Waals surface area (Å²) in [5.41, 5.74) is 0.763. The number of rotatable bonds is 4. The Morgan fingerprint density at radius 1 is 1.11 bits per heavy atom. The van der Waals surface area contributed by atoms with Gasteiger partial charge in [0, 0.05) is 0 Å². The number of likely N-dealkylation sites (tertiary alicyclic amines) is 1. The maximum absolute atomic E-state index is 12.2. The summed E-state index contributed by atoms with van der Waals surface area (Å²) in [6.45, 7) is 5.43. The van der Waals surface area contributed by atoms with Crippen molar-refractivity contribution in [2.75, 3.05) is 19.6 Å². The van der Waals surface area contributed by atoms with Crippen molar-refractivity contribution >= 4 is 11.6 Å². The minimum Gasteiger partial charge on any atom is -0.299 e. The number of piperidine rings is 1. The van der Waals surface area contributed by atoms with Gasteiger partial charge in [0.2, 0.25) is 0 Å². The largest absolute Gasteiger partial charge is 0.299 e. The Morgan fingerprint density at radius 2 is 1.68 bits per heavy atom. The molecule has 102 valence electrons. The first-order valence-electron chi connectivity index (χ1n) is 6.83. The van der Waals surface area contributed by atoms with Gasteiger partial charge in [-0.1, -0.05) is 30.3 Å². The lowest BCUT2D eigenvalue weighted by molar-refractivity contribution is -0.124. The first-order valence-corrected chi connectivity index (χ1v) is 6.83. The Labute approximate surface area is 114 Å². The van der Waals surface area contributed by atoms with E-state index >= 15 is 0 Å². The monoisotopic (exact) mass is 259 g/mol. The van der Waals surface area contributed by atoms with E-state index in [4.69, 9.17) is 0 Å². The summed E-state index contributed by atoms with van der Waals surface area (Å²) in [7, 11) is 0. The maximum atomic E-state index is 12.2. The van der Waals surface area contributed by atoms with Crippen LogP contribution in [0.2, 0.25) is 0 Å². The van der Waals surface area contributed by atoms with Crippen LogP contribution < -0.4 is 0 Å². The molecule has 1 heterocycles. The average Bonchev–Trinajstić information content (AvgIpc) is 2.40. The van der Waals surface area contributed by atoms with Gasteiger partial charge in [-0.05, 0) is 45.3 Å². The van der Waals surface area contributed by atoms with E-state index in [-0.39, 0.29) is 17.0 Å². The van der Waals surface area contributed by atoms with Gasteiger partial charge in [0.05, 0.1) is 12.0 Å². The van der Waals surface area contributed by atoms with E-state index < -0.39 is 0 Å². The van der Waals surface area contributed by atoms with Crippen LogP contribution in [0.5, 0.6) is 0 Å². The van der Waals surface area contributed by atoms with Crippen LogP contribution in [0, 0.1) is 0 Å². The molecule has 0 spiro atoms. The Balaban J connectivity index is 2.17. The molecule has 0 amide bonds. The van der Waals surface area contributed by atoms with Crippen LogP contribution in [0.1, 0.15) is 32.3 Å². The average molecular weight is 259 g/mol. The molecule has 0 saturated carbocycles. The molecule has 1 fully saturated rings. The van der Waals surface area contributed by atoms with Crippen molar-refractivity contribution < 1.29 is 9.59 Å². The molecule has 1 saturated heterocycles. The van der Waals surface area contributed by atoms with Crippen molar-refractivity contribution in [3.05, 3.63) is 35.9 Å². The minimum atomic E-state index is -0.353. The van der Waals surface area contributed by atoms with Gasteiger partial charge in [-0.3, -0.25) is 14.5 Å². The molecule has 1 aromatic carbocycles. The molecule has 1 aromatic rings. The number of Topliss-reactive ketones (excluding diaryl/α,β-unsaturated/α-hetero) is 2. The number of carbonyl (C=O) groups is 2. The van der Waals surface area contributed by atoms with Crippen LogP contribution in [0.25, 0.3) is 0 Å². The third kappa shape index (κ3) is 2.92. The second-order valence-corrected chi connectivity index (χ2v) is 5.48. The summed E-state index contributed by atoms with van der Waals surface area (Å²) in [6, 6.07) is 10.0. The van der Waals surface area contributed by atoms with Crippen LogP contribution in [0.15, 0.2) is 30.3 Å². The minimum absolute atomic E-state index is 0.190. The molecule has 0 atom stereocenters. The maximum Gasteiger partial charge on any atom is 0.143 e. The second kappa shape index (κ2) is 5.66. The molecule has 0 radical (unpaired) electrons. The Kier molecular flexibility index (Phi) is 4.15. The van der Waals surface area contributed by atoms with E-state index in [1.165, 1.54) is 0 Å². The van der Waals surface area contributed by atoms with Crippen molar-refractivity contribution in [2.24, 2.45) is 0 Å². The zero-order chi connectivity index (χ0) is 13.9. The fraction of sp³-hybridized carbons (Fsp3) is 0.500. The van der Waals surface area contributed by atoms with Crippen molar-refractivity contribution in [3.8, 4) is 0 Å². The van der Waals surface area contributed by atoms with Gasteiger partial charge in [-0.2, -0.15) is 0 Å². The molecule has 0 bridgehead atoms. The van der Waals surface area contributed by atoms with E-state index in [9.17, 15) is 9.59 Å². The fourth-order valence-corrected chi connectivity index (χ4v) is 3.01. The van der Waals surface area contributed by atoms with Crippen LogP contribution in [0.3, 0.4) is 0 Å². The molecule has 0 N–H and O–H groups in total. The third-order valence-electron chi connectivity index (χ3n) is 4.16. The van der Waals surface area contributed by atoms with Crippen LogP contribution in [-0.2, 0) is 15.0 Å². The summed E-state index contributed by atoms with van der Waals surface area (Å²) < 4.78 is 0. The lowest BCUT2D eigenvalue weighted by atomic mass is 9.70. The third-order valence-corrected chi connectivity index (χ3v) is 4.16. The lowest BCUT2D eigenvalue weighted by Gasteiger charge is -2.40. The highest BCUT2D eigenvalue weighted by molar-refractivity contribution is 5.88. The molecule has 3 heteroatoms. The van der Waals surface area contributed by atoms with E-state index in [0.29, 0.717) is 6.54 Å². The van der Waals surface area contributed by atoms with Gasteiger partial charge in [-0.15, -0.1) is 0 Å². The van der Waals surface area contributed by atoms with Crippen LogP contribution in [-0.4, -0.2) is 36.1 Å². The number of hydrogen-bond donors (Lipinski definition) is 0. The molecule has 19 heavy (non-hydrogen) atoms. The standard InChI is InChI=1S/C16H21NO2/c1-13(18)12-17-10-8-16(9-11-17,14(2)19)15-6-4-3-5-7-15/h3-7H,8-12H2,1-2H3. The zero-order valence-corrected chi connectivity index (χ0v) is 11.7. The van der Waals surface area contributed by atoms with Crippen LogP contribution >= 0.6 is 0 Å². The van der Waals surface area contributed by atoms with E-state index in [2.05, 4.69) is 4.90 Å². The van der Waals surface area contributed by atoms with Gasteiger partial charge < -0.3 is 0 Å². The smallest absolute Gasteiger partial charge is 0.143 e. The summed E-state index contributed by atoms with van der Waals surface area (Å²) in [4.78, 5) is 25.5. The predicted octanol–water partition coefficient (Wildman–Crippen LogP) is 2.20. The van der Waals surface area contributed by atoms with Crippen molar-refractivity contribution in [1.82, 2.24) is 4.90 Å².